The summed E-state index contributed by atoms with van der Waals surface area (Å²) in [6.07, 6.45) is 4.37. The first-order valence-electron chi connectivity index (χ1n) is 8.34. The Hall–Kier alpha value is 0.0300. The van der Waals surface area contributed by atoms with Crippen LogP contribution in [0.3, 0.4) is 0 Å². The summed E-state index contributed by atoms with van der Waals surface area (Å²) in [4.78, 5) is 0. The van der Waals surface area contributed by atoms with Crippen LogP contribution in [0.5, 0.6) is 0 Å². The smallest absolute Gasteiger partial charge is 0.171 e. The van der Waals surface area contributed by atoms with Gasteiger partial charge in [-0.2, -0.15) is 0 Å². The van der Waals surface area contributed by atoms with Crippen LogP contribution in [-0.2, 0) is 14.0 Å². The number of aliphatic hydroxyl groups is 3. The molecule has 22 heavy (non-hydrogen) atoms. The molecule has 130 valence electrons. The minimum Gasteiger partial charge on any atom is -0.385 e. The van der Waals surface area contributed by atoms with E-state index in [1.54, 1.807) is 13.8 Å². The second-order valence-corrected chi connectivity index (χ2v) is 9.64. The van der Waals surface area contributed by atoms with Crippen molar-refractivity contribution >= 4 is 7.14 Å². The molecule has 2 aliphatic rings. The van der Waals surface area contributed by atoms with Crippen molar-refractivity contribution in [3.05, 3.63) is 0 Å². The molecular formula is C15H29O6P. The van der Waals surface area contributed by atoms with Crippen molar-refractivity contribution in [3.63, 3.8) is 0 Å². The molecule has 4 atom stereocenters. The van der Waals surface area contributed by atoms with Gasteiger partial charge < -0.3 is 29.4 Å². The molecule has 0 aromatic heterocycles. The summed E-state index contributed by atoms with van der Waals surface area (Å²) in [7, 11) is -3.65. The molecular weight excluding hydrogens is 307 g/mol. The molecule has 3 N–H and O–H groups in total. The van der Waals surface area contributed by atoms with Gasteiger partial charge in [0.1, 0.15) is 23.6 Å². The lowest BCUT2D eigenvalue weighted by molar-refractivity contribution is -0.192. The molecule has 2 fully saturated rings. The Balaban J connectivity index is 2.14. The van der Waals surface area contributed by atoms with Crippen molar-refractivity contribution in [2.24, 2.45) is 0 Å². The summed E-state index contributed by atoms with van der Waals surface area (Å²) in [5.74, 6) is -4.55. The highest BCUT2D eigenvalue weighted by Gasteiger charge is 2.52. The van der Waals surface area contributed by atoms with Gasteiger partial charge in [0.25, 0.3) is 0 Å². The summed E-state index contributed by atoms with van der Waals surface area (Å²) in [5, 5.41) is 30.9. The van der Waals surface area contributed by atoms with Crippen molar-refractivity contribution in [1.82, 2.24) is 0 Å². The number of ether oxygens (including phenoxy) is 2. The van der Waals surface area contributed by atoms with Gasteiger partial charge in [-0.15, -0.1) is 0 Å². The minimum absolute atomic E-state index is 0.151. The Kier molecular flexibility index (Phi) is 6.08. The molecule has 0 bridgehead atoms. The van der Waals surface area contributed by atoms with Crippen molar-refractivity contribution in [2.45, 2.75) is 88.2 Å². The molecule has 0 amide bonds. The van der Waals surface area contributed by atoms with Gasteiger partial charge in [0, 0.05) is 12.8 Å². The number of hydrogen-bond donors (Lipinski definition) is 3. The fourth-order valence-electron chi connectivity index (χ4n) is 3.46. The molecule has 1 heterocycles. The molecule has 0 aromatic rings. The highest BCUT2D eigenvalue weighted by molar-refractivity contribution is 7.65. The highest BCUT2D eigenvalue weighted by atomic mass is 31.2. The normalized spacial score (nSPS) is 31.6. The maximum Gasteiger partial charge on any atom is 0.171 e. The SMILES string of the molecule is CCC(O)P(=O)(C(O)CC)[C@@H](O)[C@@H]1COC2(CCCCC2)O1. The Morgan fingerprint density at radius 3 is 2.14 bits per heavy atom. The van der Waals surface area contributed by atoms with E-state index in [1.165, 1.54) is 0 Å². The van der Waals surface area contributed by atoms with Crippen molar-refractivity contribution < 1.29 is 29.4 Å². The molecule has 1 spiro atoms. The Labute approximate surface area is 132 Å². The van der Waals surface area contributed by atoms with E-state index < -0.39 is 36.6 Å². The molecule has 1 aliphatic carbocycles. The van der Waals surface area contributed by atoms with Gasteiger partial charge in [0.05, 0.1) is 6.61 Å². The summed E-state index contributed by atoms with van der Waals surface area (Å²) in [5.41, 5.74) is 0. The average molecular weight is 336 g/mol. The fourth-order valence-corrected chi connectivity index (χ4v) is 6.37. The third-order valence-corrected chi connectivity index (χ3v) is 8.65. The molecule has 1 saturated heterocycles. The molecule has 6 nitrogen and oxygen atoms in total. The van der Waals surface area contributed by atoms with Gasteiger partial charge in [0.2, 0.25) is 0 Å². The summed E-state index contributed by atoms with van der Waals surface area (Å²) < 4.78 is 24.8. The van der Waals surface area contributed by atoms with Crippen LogP contribution in [0.15, 0.2) is 0 Å². The van der Waals surface area contributed by atoms with Crippen molar-refractivity contribution in [2.75, 3.05) is 6.61 Å². The van der Waals surface area contributed by atoms with E-state index in [1.807, 2.05) is 0 Å². The van der Waals surface area contributed by atoms with Crippen LogP contribution >= 0.6 is 7.14 Å². The lowest BCUT2D eigenvalue weighted by atomic mass is 9.94. The van der Waals surface area contributed by atoms with Gasteiger partial charge in [-0.1, -0.05) is 20.3 Å². The maximum absolute atomic E-state index is 13.1. The average Bonchev–Trinajstić information content (AvgIpc) is 2.95. The largest absolute Gasteiger partial charge is 0.385 e. The topological polar surface area (TPSA) is 96.2 Å². The van der Waals surface area contributed by atoms with E-state index in [9.17, 15) is 19.9 Å². The lowest BCUT2D eigenvalue weighted by Gasteiger charge is -2.35. The van der Waals surface area contributed by atoms with Crippen molar-refractivity contribution in [3.8, 4) is 0 Å². The Morgan fingerprint density at radius 2 is 1.64 bits per heavy atom. The molecule has 1 aliphatic heterocycles. The summed E-state index contributed by atoms with van der Waals surface area (Å²) >= 11 is 0. The second kappa shape index (κ2) is 7.29. The van der Waals surface area contributed by atoms with Gasteiger partial charge in [-0.3, -0.25) is 0 Å². The predicted molar refractivity (Wildman–Crippen MR) is 82.8 cm³/mol. The van der Waals surface area contributed by atoms with E-state index in [0.29, 0.717) is 0 Å². The van der Waals surface area contributed by atoms with Gasteiger partial charge in [-0.25, -0.2) is 0 Å². The summed E-state index contributed by atoms with van der Waals surface area (Å²) in [6.45, 7) is 3.51. The van der Waals surface area contributed by atoms with Crippen molar-refractivity contribution in [1.29, 1.82) is 0 Å². The second-order valence-electron chi connectivity index (χ2n) is 6.39. The fraction of sp³-hybridized carbons (Fsp3) is 1.00. The van der Waals surface area contributed by atoms with Crippen LogP contribution in [-0.4, -0.2) is 51.4 Å². The third kappa shape index (κ3) is 3.28. The van der Waals surface area contributed by atoms with E-state index in [2.05, 4.69) is 0 Å². The van der Waals surface area contributed by atoms with E-state index in [4.69, 9.17) is 9.47 Å². The molecule has 0 radical (unpaired) electrons. The zero-order valence-corrected chi connectivity index (χ0v) is 14.4. The molecule has 7 heteroatoms. The number of aliphatic hydroxyl groups excluding tert-OH is 3. The first kappa shape index (κ1) is 18.4. The maximum atomic E-state index is 13.1. The zero-order chi connectivity index (χ0) is 16.4. The summed E-state index contributed by atoms with van der Waals surface area (Å²) in [6, 6.07) is 0. The predicted octanol–water partition coefficient (Wildman–Crippen LogP) is 2.20. The number of rotatable bonds is 6. The number of hydrogen-bond acceptors (Lipinski definition) is 6. The zero-order valence-electron chi connectivity index (χ0n) is 13.5. The van der Waals surface area contributed by atoms with Gasteiger partial charge in [0.15, 0.2) is 12.9 Å². The molecule has 0 aromatic carbocycles. The Morgan fingerprint density at radius 1 is 1.09 bits per heavy atom. The third-order valence-electron chi connectivity index (χ3n) is 4.90. The first-order chi connectivity index (χ1) is 10.4. The molecule has 2 rings (SSSR count). The quantitative estimate of drug-likeness (QED) is 0.644. The van der Waals surface area contributed by atoms with Crippen LogP contribution in [0.1, 0.15) is 58.8 Å². The van der Waals surface area contributed by atoms with Crippen LogP contribution in [0.4, 0.5) is 0 Å². The van der Waals surface area contributed by atoms with Crippen LogP contribution in [0.2, 0.25) is 0 Å². The van der Waals surface area contributed by atoms with Gasteiger partial charge >= 0.3 is 0 Å². The van der Waals surface area contributed by atoms with Crippen LogP contribution in [0.25, 0.3) is 0 Å². The van der Waals surface area contributed by atoms with E-state index in [-0.39, 0.29) is 19.4 Å². The van der Waals surface area contributed by atoms with E-state index >= 15 is 0 Å². The monoisotopic (exact) mass is 336 g/mol. The molecule has 2 unspecified atom stereocenters. The van der Waals surface area contributed by atoms with Gasteiger partial charge in [-0.05, 0) is 25.7 Å². The standard InChI is InChI=1S/C15H29O6P/c1-3-12(16)22(19,13(17)4-2)14(18)11-10-20-15(21-11)8-6-5-7-9-15/h11-14,16-18H,3-10H2,1-2H3/t11-,12?,13?,14+,22?/m0/s1. The minimum atomic E-state index is -3.65. The highest BCUT2D eigenvalue weighted by Crippen LogP contribution is 2.61. The van der Waals surface area contributed by atoms with Crippen LogP contribution < -0.4 is 0 Å². The van der Waals surface area contributed by atoms with E-state index in [0.717, 1.165) is 32.1 Å². The lowest BCUT2D eigenvalue weighted by Crippen LogP contribution is -2.39. The first-order valence-corrected chi connectivity index (χ1v) is 10.3. The van der Waals surface area contributed by atoms with Crippen LogP contribution in [0, 0.1) is 0 Å². The molecule has 1 saturated carbocycles. The Bertz CT molecular complexity index is 395.